The van der Waals surface area contributed by atoms with Gasteiger partial charge in [-0.25, -0.2) is 0 Å². The predicted molar refractivity (Wildman–Crippen MR) is 107 cm³/mol. The molecule has 138 valence electrons. The lowest BCUT2D eigenvalue weighted by Crippen LogP contribution is -2.21. The zero-order valence-corrected chi connectivity index (χ0v) is 15.4. The first-order valence-corrected chi connectivity index (χ1v) is 9.34. The van der Waals surface area contributed by atoms with Crippen LogP contribution in [0.15, 0.2) is 47.3 Å². The molecule has 0 fully saturated rings. The number of nitrogens with one attached hydrogen (secondary N) is 2. The lowest BCUT2D eigenvalue weighted by Gasteiger charge is -2.17. The van der Waals surface area contributed by atoms with E-state index in [2.05, 4.69) is 10.3 Å². The Balaban J connectivity index is 1.49. The lowest BCUT2D eigenvalue weighted by molar-refractivity contribution is -0.118. The first-order valence-electron chi connectivity index (χ1n) is 8.96. The van der Waals surface area contributed by atoms with Crippen molar-refractivity contribution in [2.24, 2.45) is 0 Å². The number of ether oxygens (including phenoxy) is 1. The molecule has 0 radical (unpaired) electrons. The summed E-state index contributed by atoms with van der Waals surface area (Å²) in [5.41, 5.74) is 3.40. The molecule has 0 bridgehead atoms. The molecule has 27 heavy (non-hydrogen) atoms. The zero-order valence-electron chi connectivity index (χ0n) is 14.7. The maximum atomic E-state index is 12.3. The molecule has 3 aromatic rings. The van der Waals surface area contributed by atoms with Crippen LogP contribution >= 0.6 is 11.6 Å². The summed E-state index contributed by atoms with van der Waals surface area (Å²) in [6.07, 6.45) is 3.92. The molecule has 2 N–H and O–H groups in total. The van der Waals surface area contributed by atoms with Crippen LogP contribution in [0, 0.1) is 0 Å². The number of carbonyl (C=O) groups is 1. The SMILES string of the molecule is O=C(COc1ccc(Cl)cc1)Nc1ccc2c3c(c(=O)[nH]c2c1)CCCC3. The van der Waals surface area contributed by atoms with Gasteiger partial charge in [-0.15, -0.1) is 0 Å². The fourth-order valence-electron chi connectivity index (χ4n) is 3.52. The van der Waals surface area contributed by atoms with Crippen LogP contribution in [0.4, 0.5) is 5.69 Å². The van der Waals surface area contributed by atoms with Crippen molar-refractivity contribution >= 4 is 34.1 Å². The summed E-state index contributed by atoms with van der Waals surface area (Å²) in [5, 5.41) is 4.47. The Morgan fingerprint density at radius 2 is 1.81 bits per heavy atom. The van der Waals surface area contributed by atoms with E-state index in [1.807, 2.05) is 12.1 Å². The van der Waals surface area contributed by atoms with Crippen molar-refractivity contribution < 1.29 is 9.53 Å². The van der Waals surface area contributed by atoms with Crippen LogP contribution < -0.4 is 15.6 Å². The average Bonchev–Trinajstić information content (AvgIpc) is 2.68. The molecule has 1 amide bonds. The quantitative estimate of drug-likeness (QED) is 0.714. The van der Waals surface area contributed by atoms with E-state index in [0.717, 1.165) is 47.7 Å². The molecule has 0 atom stereocenters. The average molecular weight is 383 g/mol. The molecule has 0 saturated heterocycles. The molecule has 0 spiro atoms. The van der Waals surface area contributed by atoms with Crippen molar-refractivity contribution in [3.05, 3.63) is 69.0 Å². The number of fused-ring (bicyclic) bond motifs is 3. The van der Waals surface area contributed by atoms with Gasteiger partial charge in [-0.1, -0.05) is 17.7 Å². The van der Waals surface area contributed by atoms with E-state index in [4.69, 9.17) is 16.3 Å². The Bertz CT molecular complexity index is 1060. The Hall–Kier alpha value is -2.79. The van der Waals surface area contributed by atoms with Crippen LogP contribution in [0.25, 0.3) is 10.9 Å². The van der Waals surface area contributed by atoms with Gasteiger partial charge in [-0.05, 0) is 67.6 Å². The molecule has 0 aliphatic heterocycles. The fraction of sp³-hybridized carbons (Fsp3) is 0.238. The fourth-order valence-corrected chi connectivity index (χ4v) is 3.64. The van der Waals surface area contributed by atoms with Gasteiger partial charge in [0.1, 0.15) is 5.75 Å². The van der Waals surface area contributed by atoms with Crippen LogP contribution in [0.2, 0.25) is 5.02 Å². The highest BCUT2D eigenvalue weighted by molar-refractivity contribution is 6.30. The van der Waals surface area contributed by atoms with Gasteiger partial charge < -0.3 is 15.0 Å². The van der Waals surface area contributed by atoms with Crippen LogP contribution in [-0.4, -0.2) is 17.5 Å². The summed E-state index contributed by atoms with van der Waals surface area (Å²) < 4.78 is 5.45. The largest absolute Gasteiger partial charge is 0.484 e. The molecule has 0 unspecified atom stereocenters. The third kappa shape index (κ3) is 3.83. The highest BCUT2D eigenvalue weighted by Crippen LogP contribution is 2.27. The number of H-pyrrole nitrogens is 1. The maximum Gasteiger partial charge on any atom is 0.262 e. The molecule has 6 heteroatoms. The summed E-state index contributed by atoms with van der Waals surface area (Å²) in [5.74, 6) is 0.300. The molecule has 4 rings (SSSR count). The number of halogens is 1. The highest BCUT2D eigenvalue weighted by atomic mass is 35.5. The Morgan fingerprint density at radius 3 is 2.59 bits per heavy atom. The standard InChI is InChI=1S/C21H19ClN2O3/c22-13-5-8-15(9-6-13)27-12-20(25)23-14-7-10-17-16-3-1-2-4-18(16)21(26)24-19(17)11-14/h5-11H,1-4,12H2,(H,23,25)(H,24,26). The number of anilines is 1. The normalized spacial score (nSPS) is 13.2. The number of aromatic amines is 1. The van der Waals surface area contributed by atoms with Crippen molar-refractivity contribution in [1.29, 1.82) is 0 Å². The van der Waals surface area contributed by atoms with Crippen molar-refractivity contribution in [3.63, 3.8) is 0 Å². The van der Waals surface area contributed by atoms with E-state index in [1.54, 1.807) is 30.3 Å². The summed E-state index contributed by atoms with van der Waals surface area (Å²) in [4.78, 5) is 27.4. The van der Waals surface area contributed by atoms with Crippen molar-refractivity contribution in [2.45, 2.75) is 25.7 Å². The van der Waals surface area contributed by atoms with E-state index in [9.17, 15) is 9.59 Å². The second-order valence-electron chi connectivity index (χ2n) is 6.67. The number of benzene rings is 2. The van der Waals surface area contributed by atoms with Crippen LogP contribution in [0.5, 0.6) is 5.75 Å². The van der Waals surface area contributed by atoms with Crippen LogP contribution in [0.3, 0.4) is 0 Å². The Kier molecular flexibility index (Phi) is 4.86. The molecular formula is C21H19ClN2O3. The Labute approximate surface area is 161 Å². The molecule has 0 saturated carbocycles. The van der Waals surface area contributed by atoms with Gasteiger partial charge in [0, 0.05) is 21.7 Å². The van der Waals surface area contributed by atoms with E-state index >= 15 is 0 Å². The molecule has 1 aliphatic rings. The third-order valence-electron chi connectivity index (χ3n) is 4.80. The van der Waals surface area contributed by atoms with E-state index in [1.165, 1.54) is 0 Å². The second kappa shape index (κ2) is 7.45. The minimum Gasteiger partial charge on any atom is -0.484 e. The van der Waals surface area contributed by atoms with E-state index < -0.39 is 0 Å². The van der Waals surface area contributed by atoms with Gasteiger partial charge in [0.2, 0.25) is 0 Å². The first kappa shape index (κ1) is 17.6. The second-order valence-corrected chi connectivity index (χ2v) is 7.11. The molecule has 5 nitrogen and oxygen atoms in total. The lowest BCUT2D eigenvalue weighted by atomic mass is 9.90. The van der Waals surface area contributed by atoms with Gasteiger partial charge in [0.25, 0.3) is 11.5 Å². The zero-order chi connectivity index (χ0) is 18.8. The van der Waals surface area contributed by atoms with Gasteiger partial charge >= 0.3 is 0 Å². The summed E-state index contributed by atoms with van der Waals surface area (Å²) in [6, 6.07) is 12.4. The van der Waals surface area contributed by atoms with Crippen molar-refractivity contribution in [1.82, 2.24) is 4.98 Å². The third-order valence-corrected chi connectivity index (χ3v) is 5.05. The van der Waals surface area contributed by atoms with Crippen molar-refractivity contribution in [3.8, 4) is 5.75 Å². The number of aryl methyl sites for hydroxylation is 1. The Morgan fingerprint density at radius 1 is 1.07 bits per heavy atom. The molecule has 1 aliphatic carbocycles. The maximum absolute atomic E-state index is 12.3. The molecule has 2 aromatic carbocycles. The van der Waals surface area contributed by atoms with E-state index in [0.29, 0.717) is 16.5 Å². The predicted octanol–water partition coefficient (Wildman–Crippen LogP) is 4.08. The highest BCUT2D eigenvalue weighted by Gasteiger charge is 2.16. The number of amides is 1. The monoisotopic (exact) mass is 382 g/mol. The van der Waals surface area contributed by atoms with Crippen molar-refractivity contribution in [2.75, 3.05) is 11.9 Å². The molecular weight excluding hydrogens is 364 g/mol. The number of hydrogen-bond donors (Lipinski definition) is 2. The number of hydrogen-bond acceptors (Lipinski definition) is 3. The van der Waals surface area contributed by atoms with Gasteiger partial charge in [-0.2, -0.15) is 0 Å². The minimum atomic E-state index is -0.274. The first-order chi connectivity index (χ1) is 13.1. The number of carbonyl (C=O) groups excluding carboxylic acids is 1. The summed E-state index contributed by atoms with van der Waals surface area (Å²) in [6.45, 7) is -0.111. The summed E-state index contributed by atoms with van der Waals surface area (Å²) in [7, 11) is 0. The molecule has 1 aromatic heterocycles. The topological polar surface area (TPSA) is 71.2 Å². The smallest absolute Gasteiger partial charge is 0.262 e. The van der Waals surface area contributed by atoms with Gasteiger partial charge in [0.15, 0.2) is 6.61 Å². The minimum absolute atomic E-state index is 0.0215. The number of rotatable bonds is 4. The van der Waals surface area contributed by atoms with Gasteiger partial charge in [-0.3, -0.25) is 9.59 Å². The van der Waals surface area contributed by atoms with Gasteiger partial charge in [0.05, 0.1) is 5.52 Å². The van der Waals surface area contributed by atoms with Crippen LogP contribution in [-0.2, 0) is 17.6 Å². The number of aromatic nitrogens is 1. The molecule has 1 heterocycles. The summed E-state index contributed by atoms with van der Waals surface area (Å²) >= 11 is 5.82. The number of pyridine rings is 1. The van der Waals surface area contributed by atoms with E-state index in [-0.39, 0.29) is 18.1 Å². The van der Waals surface area contributed by atoms with Crippen LogP contribution in [0.1, 0.15) is 24.0 Å².